The highest BCUT2D eigenvalue weighted by molar-refractivity contribution is 7.99. The van der Waals surface area contributed by atoms with Crippen LogP contribution in [-0.2, 0) is 4.79 Å². The average Bonchev–Trinajstić information content (AvgIpc) is 3.25. The summed E-state index contributed by atoms with van der Waals surface area (Å²) in [6.45, 7) is 2.31. The molecule has 10 heteroatoms. The molecule has 0 radical (unpaired) electrons. The zero-order valence-electron chi connectivity index (χ0n) is 13.5. The molecule has 1 aliphatic rings. The first-order valence-electron chi connectivity index (χ1n) is 7.88. The van der Waals surface area contributed by atoms with Crippen LogP contribution < -0.4 is 10.6 Å². The lowest BCUT2D eigenvalue weighted by Gasteiger charge is -2.14. The van der Waals surface area contributed by atoms with Crippen molar-refractivity contribution in [3.8, 4) is 11.5 Å². The summed E-state index contributed by atoms with van der Waals surface area (Å²) in [4.78, 5) is 28.8. The molecule has 0 bridgehead atoms. The van der Waals surface area contributed by atoms with Gasteiger partial charge in [-0.3, -0.25) is 9.78 Å². The van der Waals surface area contributed by atoms with Crippen LogP contribution >= 0.6 is 11.8 Å². The van der Waals surface area contributed by atoms with Crippen molar-refractivity contribution in [2.75, 3.05) is 31.9 Å². The number of amides is 3. The Hall–Kier alpha value is -2.62. The van der Waals surface area contributed by atoms with E-state index in [4.69, 9.17) is 4.42 Å². The second kappa shape index (κ2) is 8.47. The van der Waals surface area contributed by atoms with Crippen LogP contribution in [-0.4, -0.2) is 64.0 Å². The minimum Gasteiger partial charge on any atom is -0.411 e. The van der Waals surface area contributed by atoms with Crippen LogP contribution in [0.3, 0.4) is 0 Å². The van der Waals surface area contributed by atoms with Gasteiger partial charge in [0.25, 0.3) is 5.22 Å². The molecule has 1 fully saturated rings. The summed E-state index contributed by atoms with van der Waals surface area (Å²) in [6, 6.07) is 3.50. The first-order valence-corrected chi connectivity index (χ1v) is 8.87. The van der Waals surface area contributed by atoms with Gasteiger partial charge in [0.1, 0.15) is 0 Å². The zero-order valence-corrected chi connectivity index (χ0v) is 14.3. The first-order chi connectivity index (χ1) is 12.2. The van der Waals surface area contributed by atoms with Gasteiger partial charge in [-0.15, -0.1) is 10.2 Å². The number of nitrogens with one attached hydrogen (secondary N) is 2. The van der Waals surface area contributed by atoms with E-state index in [0.717, 1.165) is 5.56 Å². The number of aromatic nitrogens is 3. The van der Waals surface area contributed by atoms with Gasteiger partial charge in [-0.2, -0.15) is 0 Å². The summed E-state index contributed by atoms with van der Waals surface area (Å²) in [5.41, 5.74) is 0.804. The largest absolute Gasteiger partial charge is 0.411 e. The molecule has 0 saturated carbocycles. The van der Waals surface area contributed by atoms with Crippen LogP contribution in [0.1, 0.15) is 6.42 Å². The Labute approximate surface area is 148 Å². The number of hydrogen-bond donors (Lipinski definition) is 2. The van der Waals surface area contributed by atoms with Crippen molar-refractivity contribution in [2.24, 2.45) is 0 Å². The second-order valence-electron chi connectivity index (χ2n) is 5.28. The number of rotatable bonds is 8. The molecule has 25 heavy (non-hydrogen) atoms. The van der Waals surface area contributed by atoms with Gasteiger partial charge in [-0.25, -0.2) is 4.79 Å². The molecule has 132 valence electrons. The monoisotopic (exact) mass is 362 g/mol. The number of thioether (sulfide) groups is 1. The number of urea groups is 1. The molecule has 2 aromatic heterocycles. The molecule has 3 rings (SSSR count). The Bertz CT molecular complexity index is 723. The summed E-state index contributed by atoms with van der Waals surface area (Å²) in [5.74, 6) is 0.896. The molecule has 3 amide bonds. The minimum atomic E-state index is -0.0776. The first kappa shape index (κ1) is 17.2. The highest BCUT2D eigenvalue weighted by atomic mass is 32.2. The van der Waals surface area contributed by atoms with Gasteiger partial charge in [-0.1, -0.05) is 11.8 Å². The summed E-state index contributed by atoms with van der Waals surface area (Å²) in [7, 11) is 0. The fraction of sp³-hybridized carbons (Fsp3) is 0.400. The van der Waals surface area contributed by atoms with Crippen molar-refractivity contribution in [1.29, 1.82) is 0 Å². The maximum absolute atomic E-state index is 11.8. The predicted molar refractivity (Wildman–Crippen MR) is 90.9 cm³/mol. The van der Waals surface area contributed by atoms with Crippen LogP contribution in [0.25, 0.3) is 11.5 Å². The Morgan fingerprint density at radius 3 is 2.96 bits per heavy atom. The number of carbonyl (C=O) groups is 2. The molecule has 0 spiro atoms. The van der Waals surface area contributed by atoms with Gasteiger partial charge in [0, 0.05) is 56.3 Å². The number of hydrogen-bond acceptors (Lipinski definition) is 7. The molecule has 9 nitrogen and oxygen atoms in total. The van der Waals surface area contributed by atoms with E-state index < -0.39 is 0 Å². The molecular formula is C15H18N6O3S. The van der Waals surface area contributed by atoms with Crippen molar-refractivity contribution in [1.82, 2.24) is 30.7 Å². The highest BCUT2D eigenvalue weighted by Gasteiger charge is 2.18. The zero-order chi connectivity index (χ0) is 17.5. The molecule has 2 N–H and O–H groups in total. The van der Waals surface area contributed by atoms with Crippen molar-refractivity contribution < 1.29 is 14.0 Å². The number of carbonyl (C=O) groups excluding carboxylic acids is 2. The molecule has 0 unspecified atom stereocenters. The quantitative estimate of drug-likeness (QED) is 0.666. The maximum Gasteiger partial charge on any atom is 0.317 e. The lowest BCUT2D eigenvalue weighted by molar-refractivity contribution is -0.120. The number of nitrogens with zero attached hydrogens (tertiary/aromatic N) is 4. The summed E-state index contributed by atoms with van der Waals surface area (Å²) in [5, 5.41) is 13.9. The van der Waals surface area contributed by atoms with Crippen LogP contribution in [0.15, 0.2) is 34.2 Å². The van der Waals surface area contributed by atoms with Gasteiger partial charge >= 0.3 is 6.03 Å². The van der Waals surface area contributed by atoms with Crippen molar-refractivity contribution >= 4 is 23.7 Å². The van der Waals surface area contributed by atoms with Crippen molar-refractivity contribution in [3.05, 3.63) is 24.5 Å². The van der Waals surface area contributed by atoms with Crippen molar-refractivity contribution in [3.63, 3.8) is 0 Å². The smallest absolute Gasteiger partial charge is 0.317 e. The summed E-state index contributed by atoms with van der Waals surface area (Å²) < 4.78 is 5.54. The van der Waals surface area contributed by atoms with Crippen LogP contribution in [0.4, 0.5) is 4.79 Å². The standard InChI is InChI=1S/C15H18N6O3S/c22-12(17-6-8-21-9-7-18-14(21)23)3-10-25-15-20-19-13(24-15)11-1-4-16-5-2-11/h1-2,4-5H,3,6-10H2,(H,17,22)(H,18,23). The van der Waals surface area contributed by atoms with E-state index in [0.29, 0.717) is 49.5 Å². The number of pyridine rings is 1. The molecule has 3 heterocycles. The normalized spacial score (nSPS) is 13.8. The molecule has 0 atom stereocenters. The molecule has 2 aromatic rings. The van der Waals surface area contributed by atoms with Crippen molar-refractivity contribution in [2.45, 2.75) is 11.6 Å². The Morgan fingerprint density at radius 1 is 1.36 bits per heavy atom. The van der Waals surface area contributed by atoms with E-state index in [-0.39, 0.29) is 11.9 Å². The SMILES string of the molecule is O=C(CCSc1nnc(-c2ccncc2)o1)NCCN1CCNC1=O. The second-order valence-corrected chi connectivity index (χ2v) is 6.32. The maximum atomic E-state index is 11.8. The molecular weight excluding hydrogens is 344 g/mol. The molecule has 1 saturated heterocycles. The van der Waals surface area contributed by atoms with Gasteiger partial charge < -0.3 is 20.0 Å². The average molecular weight is 362 g/mol. The van der Waals surface area contributed by atoms with E-state index in [1.807, 2.05) is 0 Å². The Morgan fingerprint density at radius 2 is 2.20 bits per heavy atom. The third kappa shape index (κ3) is 4.92. The van der Waals surface area contributed by atoms with Crippen LogP contribution in [0, 0.1) is 0 Å². The topological polar surface area (TPSA) is 113 Å². The van der Waals surface area contributed by atoms with Crippen LogP contribution in [0.5, 0.6) is 0 Å². The predicted octanol–water partition coefficient (Wildman–Crippen LogP) is 0.755. The Kier molecular flexibility index (Phi) is 5.83. The minimum absolute atomic E-state index is 0.0685. The molecule has 0 aromatic carbocycles. The third-order valence-electron chi connectivity index (χ3n) is 3.54. The van der Waals surface area contributed by atoms with E-state index in [1.54, 1.807) is 29.4 Å². The van der Waals surface area contributed by atoms with E-state index >= 15 is 0 Å². The molecule has 0 aliphatic carbocycles. The van der Waals surface area contributed by atoms with Gasteiger partial charge in [0.05, 0.1) is 0 Å². The van der Waals surface area contributed by atoms with E-state index in [1.165, 1.54) is 11.8 Å². The lowest BCUT2D eigenvalue weighted by atomic mass is 10.3. The van der Waals surface area contributed by atoms with Gasteiger partial charge in [-0.05, 0) is 12.1 Å². The van der Waals surface area contributed by atoms with E-state index in [9.17, 15) is 9.59 Å². The highest BCUT2D eigenvalue weighted by Crippen LogP contribution is 2.22. The lowest BCUT2D eigenvalue weighted by Crippen LogP contribution is -2.36. The van der Waals surface area contributed by atoms with Gasteiger partial charge in [0.2, 0.25) is 11.8 Å². The summed E-state index contributed by atoms with van der Waals surface area (Å²) >= 11 is 1.33. The van der Waals surface area contributed by atoms with E-state index in [2.05, 4.69) is 25.8 Å². The fourth-order valence-corrected chi connectivity index (χ4v) is 2.95. The summed E-state index contributed by atoms with van der Waals surface area (Å²) in [6.07, 6.45) is 3.65. The Balaban J connectivity index is 1.34. The molecule has 1 aliphatic heterocycles. The fourth-order valence-electron chi connectivity index (χ4n) is 2.25. The van der Waals surface area contributed by atoms with Crippen LogP contribution in [0.2, 0.25) is 0 Å². The van der Waals surface area contributed by atoms with Gasteiger partial charge in [0.15, 0.2) is 0 Å². The third-order valence-corrected chi connectivity index (χ3v) is 4.36.